The lowest BCUT2D eigenvalue weighted by atomic mass is 10.0. The topological polar surface area (TPSA) is 99.6 Å². The predicted molar refractivity (Wildman–Crippen MR) is 102 cm³/mol. The summed E-state index contributed by atoms with van der Waals surface area (Å²) in [7, 11) is 0. The van der Waals surface area contributed by atoms with Gasteiger partial charge in [-0.15, -0.1) is 0 Å². The fraction of sp³-hybridized carbons (Fsp3) is 0.600. The second-order valence-electron chi connectivity index (χ2n) is 7.49. The molecule has 3 heterocycles. The van der Waals surface area contributed by atoms with Gasteiger partial charge in [0.2, 0.25) is 6.79 Å². The van der Waals surface area contributed by atoms with Gasteiger partial charge in [-0.2, -0.15) is 0 Å². The maximum Gasteiger partial charge on any atom is 0.309 e. The number of fused-ring (bicyclic) bond motifs is 1. The van der Waals surface area contributed by atoms with Crippen LogP contribution in [0.5, 0.6) is 11.5 Å². The van der Waals surface area contributed by atoms with E-state index in [1.807, 2.05) is 18.2 Å². The molecule has 2 fully saturated rings. The van der Waals surface area contributed by atoms with Gasteiger partial charge in [-0.05, 0) is 31.0 Å². The summed E-state index contributed by atoms with van der Waals surface area (Å²) < 4.78 is 21.8. The average molecular weight is 406 g/mol. The minimum absolute atomic E-state index is 0.00549. The van der Waals surface area contributed by atoms with Crippen LogP contribution in [0.4, 0.5) is 0 Å². The van der Waals surface area contributed by atoms with Crippen LogP contribution >= 0.6 is 0 Å². The Morgan fingerprint density at radius 2 is 1.86 bits per heavy atom. The van der Waals surface area contributed by atoms with Crippen molar-refractivity contribution >= 4 is 11.8 Å². The molecule has 0 unspecified atom stereocenters. The molecule has 4 rings (SSSR count). The monoisotopic (exact) mass is 406 g/mol. The van der Waals surface area contributed by atoms with Crippen LogP contribution in [-0.4, -0.2) is 70.7 Å². The Hall–Kier alpha value is -2.36. The molecule has 3 aliphatic rings. The van der Waals surface area contributed by atoms with Crippen LogP contribution in [-0.2, 0) is 19.1 Å². The molecule has 0 aliphatic carbocycles. The van der Waals surface area contributed by atoms with Crippen LogP contribution in [0.2, 0.25) is 0 Å². The van der Waals surface area contributed by atoms with E-state index in [0.717, 1.165) is 37.2 Å². The number of benzene rings is 1. The van der Waals surface area contributed by atoms with Gasteiger partial charge in [0.05, 0.1) is 25.9 Å². The summed E-state index contributed by atoms with van der Waals surface area (Å²) in [5.74, 6) is 0.186. The van der Waals surface area contributed by atoms with Crippen LogP contribution in [0.15, 0.2) is 18.2 Å². The molecule has 0 bridgehead atoms. The predicted octanol–water partition coefficient (Wildman–Crippen LogP) is -1.22. The van der Waals surface area contributed by atoms with E-state index in [9.17, 15) is 9.59 Å². The number of carbonyl (C=O) groups is 2. The summed E-state index contributed by atoms with van der Waals surface area (Å²) in [4.78, 5) is 25.7. The third-order valence-electron chi connectivity index (χ3n) is 5.61. The maximum absolute atomic E-state index is 12.3. The lowest BCUT2D eigenvalue weighted by molar-refractivity contribution is -0.937. The SMILES string of the molecule is O=C(NC[C@@H]1CCCO1)C(=O)NC[C@H](c1ccc2c(c1)OCO2)[NH+]1CCOCC1. The molecule has 2 amide bonds. The van der Waals surface area contributed by atoms with Gasteiger partial charge < -0.3 is 34.5 Å². The van der Waals surface area contributed by atoms with E-state index < -0.39 is 11.8 Å². The van der Waals surface area contributed by atoms with Crippen molar-refractivity contribution in [3.8, 4) is 11.5 Å². The first-order valence-electron chi connectivity index (χ1n) is 10.2. The number of rotatable bonds is 6. The van der Waals surface area contributed by atoms with E-state index in [0.29, 0.717) is 38.7 Å². The standard InChI is InChI=1S/C20H27N3O6/c24-19(21-11-15-2-1-7-27-15)20(25)22-12-16(23-5-8-26-9-6-23)14-3-4-17-18(10-14)29-13-28-17/h3-4,10,15-16H,1-2,5-9,11-13H2,(H,21,24)(H,22,25)/p+1/t15-,16+/m0/s1. The van der Waals surface area contributed by atoms with Crippen LogP contribution < -0.4 is 25.0 Å². The number of carbonyl (C=O) groups excluding carboxylic acids is 2. The van der Waals surface area contributed by atoms with E-state index in [-0.39, 0.29) is 18.9 Å². The quantitative estimate of drug-likeness (QED) is 0.513. The molecule has 3 aliphatic heterocycles. The van der Waals surface area contributed by atoms with Gasteiger partial charge >= 0.3 is 11.8 Å². The first kappa shape index (κ1) is 19.9. The average Bonchev–Trinajstić information content (AvgIpc) is 3.44. The number of morpholine rings is 1. The highest BCUT2D eigenvalue weighted by molar-refractivity contribution is 6.35. The van der Waals surface area contributed by atoms with Crippen molar-refractivity contribution in [3.63, 3.8) is 0 Å². The molecule has 0 aromatic heterocycles. The smallest absolute Gasteiger partial charge is 0.309 e. The molecule has 29 heavy (non-hydrogen) atoms. The molecule has 3 N–H and O–H groups in total. The second-order valence-corrected chi connectivity index (χ2v) is 7.49. The second kappa shape index (κ2) is 9.43. The molecule has 9 nitrogen and oxygen atoms in total. The van der Waals surface area contributed by atoms with E-state index >= 15 is 0 Å². The van der Waals surface area contributed by atoms with E-state index in [1.54, 1.807) is 0 Å². The van der Waals surface area contributed by atoms with Crippen molar-refractivity contribution in [3.05, 3.63) is 23.8 Å². The van der Waals surface area contributed by atoms with Crippen LogP contribution in [0.25, 0.3) is 0 Å². The van der Waals surface area contributed by atoms with Gasteiger partial charge in [0.25, 0.3) is 0 Å². The third kappa shape index (κ3) is 4.98. The van der Waals surface area contributed by atoms with E-state index in [1.165, 1.54) is 4.90 Å². The van der Waals surface area contributed by atoms with Crippen molar-refractivity contribution in [1.29, 1.82) is 0 Å². The van der Waals surface area contributed by atoms with Gasteiger partial charge in [0.1, 0.15) is 19.1 Å². The number of hydrogen-bond acceptors (Lipinski definition) is 6. The van der Waals surface area contributed by atoms with Crippen molar-refractivity contribution in [2.45, 2.75) is 25.0 Å². The Balaban J connectivity index is 1.37. The third-order valence-corrected chi connectivity index (χ3v) is 5.61. The summed E-state index contributed by atoms with van der Waals surface area (Å²) in [6.07, 6.45) is 1.91. The minimum atomic E-state index is -0.624. The molecule has 1 aromatic carbocycles. The molecular weight excluding hydrogens is 378 g/mol. The highest BCUT2D eigenvalue weighted by atomic mass is 16.7. The summed E-state index contributed by atoms with van der Waals surface area (Å²) >= 11 is 0. The fourth-order valence-corrected chi connectivity index (χ4v) is 3.98. The number of amides is 2. The maximum atomic E-state index is 12.3. The molecular formula is C20H28N3O6+. The zero-order chi connectivity index (χ0) is 20.1. The Morgan fingerprint density at radius 1 is 1.07 bits per heavy atom. The first-order valence-corrected chi connectivity index (χ1v) is 10.2. The highest BCUT2D eigenvalue weighted by Gasteiger charge is 2.29. The number of quaternary nitrogens is 1. The number of hydrogen-bond donors (Lipinski definition) is 3. The van der Waals surface area contributed by atoms with E-state index in [4.69, 9.17) is 18.9 Å². The molecule has 0 radical (unpaired) electrons. The Labute approximate surface area is 169 Å². The molecule has 2 atom stereocenters. The molecule has 9 heteroatoms. The summed E-state index contributed by atoms with van der Waals surface area (Å²) in [5.41, 5.74) is 1.03. The molecule has 0 spiro atoms. The van der Waals surface area contributed by atoms with Crippen LogP contribution in [0, 0.1) is 0 Å². The fourth-order valence-electron chi connectivity index (χ4n) is 3.98. The van der Waals surface area contributed by atoms with Crippen molar-refractivity contribution in [1.82, 2.24) is 10.6 Å². The minimum Gasteiger partial charge on any atom is -0.454 e. The van der Waals surface area contributed by atoms with Gasteiger partial charge in [0.15, 0.2) is 11.5 Å². The molecule has 2 saturated heterocycles. The molecule has 1 aromatic rings. The normalized spacial score (nSPS) is 22.3. The van der Waals surface area contributed by atoms with Crippen LogP contribution in [0.1, 0.15) is 24.4 Å². The first-order chi connectivity index (χ1) is 14.2. The largest absolute Gasteiger partial charge is 0.454 e. The summed E-state index contributed by atoms with van der Waals surface area (Å²) in [6.45, 7) is 4.66. The zero-order valence-corrected chi connectivity index (χ0v) is 16.4. The number of nitrogens with one attached hydrogen (secondary N) is 3. The van der Waals surface area contributed by atoms with E-state index in [2.05, 4.69) is 10.6 Å². The molecule has 158 valence electrons. The lowest BCUT2D eigenvalue weighted by Crippen LogP contribution is -3.15. The van der Waals surface area contributed by atoms with Crippen molar-refractivity contribution in [2.75, 3.05) is 52.8 Å². The van der Waals surface area contributed by atoms with Crippen molar-refractivity contribution in [2.24, 2.45) is 0 Å². The Kier molecular flexibility index (Phi) is 6.48. The van der Waals surface area contributed by atoms with Gasteiger partial charge in [0, 0.05) is 18.7 Å². The summed E-state index contributed by atoms with van der Waals surface area (Å²) in [5, 5.41) is 5.46. The Bertz CT molecular complexity index is 731. The van der Waals surface area contributed by atoms with Crippen LogP contribution in [0.3, 0.4) is 0 Å². The van der Waals surface area contributed by atoms with Gasteiger partial charge in [-0.1, -0.05) is 0 Å². The van der Waals surface area contributed by atoms with Gasteiger partial charge in [-0.25, -0.2) is 0 Å². The molecule has 0 saturated carbocycles. The number of ether oxygens (including phenoxy) is 4. The zero-order valence-electron chi connectivity index (χ0n) is 16.4. The summed E-state index contributed by atoms with van der Waals surface area (Å²) in [6, 6.07) is 5.83. The Morgan fingerprint density at radius 3 is 2.66 bits per heavy atom. The van der Waals surface area contributed by atoms with Gasteiger partial charge in [-0.3, -0.25) is 9.59 Å². The lowest BCUT2D eigenvalue weighted by Gasteiger charge is -2.32. The highest BCUT2D eigenvalue weighted by Crippen LogP contribution is 2.33. The van der Waals surface area contributed by atoms with Crippen molar-refractivity contribution < 1.29 is 33.4 Å².